The van der Waals surface area contributed by atoms with Gasteiger partial charge in [-0.2, -0.15) is 4.98 Å². The molecule has 0 aliphatic carbocycles. The average molecular weight is 373 g/mol. The molecule has 3 rings (SSSR count). The molecule has 0 spiro atoms. The maximum absolute atomic E-state index is 13.0. The van der Waals surface area contributed by atoms with E-state index in [1.54, 1.807) is 11.4 Å². The van der Waals surface area contributed by atoms with Crippen molar-refractivity contribution in [1.29, 1.82) is 0 Å². The van der Waals surface area contributed by atoms with Gasteiger partial charge in [0.05, 0.1) is 6.54 Å². The fourth-order valence-electron chi connectivity index (χ4n) is 1.83. The van der Waals surface area contributed by atoms with Gasteiger partial charge in [-0.3, -0.25) is 0 Å². The van der Waals surface area contributed by atoms with E-state index in [9.17, 15) is 12.8 Å². The van der Waals surface area contributed by atoms with E-state index < -0.39 is 15.8 Å². The van der Waals surface area contributed by atoms with Gasteiger partial charge in [-0.05, 0) is 29.1 Å². The molecule has 1 aromatic carbocycles. The van der Waals surface area contributed by atoms with Gasteiger partial charge in [0, 0.05) is 5.02 Å². The molecule has 120 valence electrons. The molecule has 2 heterocycles. The van der Waals surface area contributed by atoms with Crippen LogP contribution in [-0.2, 0) is 16.6 Å². The highest BCUT2D eigenvalue weighted by atomic mass is 35.5. The van der Waals surface area contributed by atoms with Gasteiger partial charge in [0.1, 0.15) is 16.4 Å². The zero-order valence-corrected chi connectivity index (χ0v) is 13.9. The lowest BCUT2D eigenvalue weighted by Gasteiger charge is -2.04. The number of hydrogen-bond acceptors (Lipinski definition) is 5. The predicted octanol–water partition coefficient (Wildman–Crippen LogP) is 2.98. The second-order valence-corrected chi connectivity index (χ2v) is 7.80. The summed E-state index contributed by atoms with van der Waals surface area (Å²) in [5, 5.41) is 5.96. The number of anilines is 1. The maximum Gasteiger partial charge on any atom is 0.273 e. The smallest absolute Gasteiger partial charge is 0.246 e. The molecule has 10 heteroatoms. The average Bonchev–Trinajstić information content (AvgIpc) is 3.13. The number of thiophene rings is 1. The van der Waals surface area contributed by atoms with E-state index in [4.69, 9.17) is 11.6 Å². The zero-order valence-electron chi connectivity index (χ0n) is 11.5. The van der Waals surface area contributed by atoms with Crippen molar-refractivity contribution in [3.8, 4) is 0 Å². The Labute approximate surface area is 140 Å². The molecule has 23 heavy (non-hydrogen) atoms. The van der Waals surface area contributed by atoms with Gasteiger partial charge in [0.15, 0.2) is 0 Å². The third kappa shape index (κ3) is 3.69. The maximum atomic E-state index is 13.0. The van der Waals surface area contributed by atoms with Gasteiger partial charge >= 0.3 is 0 Å². The second-order valence-electron chi connectivity index (χ2n) is 4.54. The lowest BCUT2D eigenvalue weighted by atomic mass is 10.2. The van der Waals surface area contributed by atoms with Crippen molar-refractivity contribution >= 4 is 38.9 Å². The van der Waals surface area contributed by atoms with E-state index in [0.717, 1.165) is 11.3 Å². The Hall–Kier alpha value is -1.97. The molecule has 0 saturated carbocycles. The molecular formula is C13H10ClFN4O2S2. The van der Waals surface area contributed by atoms with Crippen LogP contribution in [0, 0.1) is 5.82 Å². The van der Waals surface area contributed by atoms with Crippen molar-refractivity contribution in [3.63, 3.8) is 0 Å². The molecule has 0 aliphatic heterocycles. The number of halogens is 2. The molecule has 0 unspecified atom stereocenters. The topological polar surface area (TPSA) is 76.9 Å². The van der Waals surface area contributed by atoms with Crippen LogP contribution in [0.4, 0.5) is 10.3 Å². The normalized spacial score (nSPS) is 11.6. The first kappa shape index (κ1) is 15.9. The van der Waals surface area contributed by atoms with Crippen LogP contribution in [0.1, 0.15) is 5.56 Å². The van der Waals surface area contributed by atoms with E-state index >= 15 is 0 Å². The Morgan fingerprint density at radius 2 is 2.17 bits per heavy atom. The molecule has 0 atom stereocenters. The summed E-state index contributed by atoms with van der Waals surface area (Å²) in [6.45, 7) is 0.243. The Morgan fingerprint density at radius 1 is 1.35 bits per heavy atom. The minimum absolute atomic E-state index is 0.0448. The van der Waals surface area contributed by atoms with Gasteiger partial charge in [0.25, 0.3) is 16.0 Å². The van der Waals surface area contributed by atoms with Crippen molar-refractivity contribution in [2.24, 2.45) is 0 Å². The Bertz CT molecular complexity index is 925. The summed E-state index contributed by atoms with van der Waals surface area (Å²) in [6.07, 6.45) is 1.37. The number of benzene rings is 1. The first-order valence-electron chi connectivity index (χ1n) is 6.34. The SMILES string of the molecule is O=S(=O)(Nc1ncn(Cc2ccc(F)cc2Cl)n1)c1cccs1. The van der Waals surface area contributed by atoms with Crippen molar-refractivity contribution in [1.82, 2.24) is 14.8 Å². The molecule has 0 bridgehead atoms. The molecule has 0 amide bonds. The highest BCUT2D eigenvalue weighted by Crippen LogP contribution is 2.20. The summed E-state index contributed by atoms with van der Waals surface area (Å²) in [5.74, 6) is -0.474. The van der Waals surface area contributed by atoms with E-state index in [1.807, 2.05) is 0 Å². The molecular weight excluding hydrogens is 363 g/mol. The van der Waals surface area contributed by atoms with Crippen LogP contribution < -0.4 is 4.72 Å². The van der Waals surface area contributed by atoms with Crippen LogP contribution in [0.15, 0.2) is 46.2 Å². The van der Waals surface area contributed by atoms with Crippen molar-refractivity contribution in [2.75, 3.05) is 4.72 Å². The Morgan fingerprint density at radius 3 is 2.87 bits per heavy atom. The number of rotatable bonds is 5. The number of hydrogen-bond donors (Lipinski definition) is 1. The first-order valence-corrected chi connectivity index (χ1v) is 9.08. The van der Waals surface area contributed by atoms with E-state index in [1.165, 1.54) is 35.3 Å². The van der Waals surface area contributed by atoms with Gasteiger partial charge in [-0.15, -0.1) is 16.4 Å². The number of nitrogens with zero attached hydrogens (tertiary/aromatic N) is 3. The van der Waals surface area contributed by atoms with Gasteiger partial charge in [0.2, 0.25) is 0 Å². The summed E-state index contributed by atoms with van der Waals surface area (Å²) in [7, 11) is -3.69. The number of nitrogens with one attached hydrogen (secondary N) is 1. The Balaban J connectivity index is 1.76. The largest absolute Gasteiger partial charge is 0.273 e. The van der Waals surface area contributed by atoms with Crippen LogP contribution in [0.3, 0.4) is 0 Å². The molecule has 0 aliphatic rings. The zero-order chi connectivity index (χ0) is 16.4. The summed E-state index contributed by atoms with van der Waals surface area (Å²) >= 11 is 7.04. The fraction of sp³-hybridized carbons (Fsp3) is 0.0769. The predicted molar refractivity (Wildman–Crippen MR) is 85.7 cm³/mol. The monoisotopic (exact) mass is 372 g/mol. The van der Waals surface area contributed by atoms with Crippen LogP contribution in [0.2, 0.25) is 5.02 Å². The molecule has 1 N–H and O–H groups in total. The molecule has 6 nitrogen and oxygen atoms in total. The summed E-state index contributed by atoms with van der Waals surface area (Å²) in [6, 6.07) is 7.16. The first-order chi connectivity index (χ1) is 10.9. The third-order valence-corrected chi connectivity index (χ3v) is 5.95. The molecule has 3 aromatic rings. The van der Waals surface area contributed by atoms with Crippen LogP contribution in [-0.4, -0.2) is 23.2 Å². The van der Waals surface area contributed by atoms with E-state index in [-0.39, 0.29) is 21.7 Å². The molecule has 2 aromatic heterocycles. The molecule has 0 fully saturated rings. The van der Waals surface area contributed by atoms with Crippen LogP contribution in [0.25, 0.3) is 0 Å². The summed E-state index contributed by atoms with van der Waals surface area (Å²) in [5.41, 5.74) is 0.644. The fourth-order valence-corrected chi connectivity index (χ4v) is 3.99. The van der Waals surface area contributed by atoms with Crippen molar-refractivity contribution < 1.29 is 12.8 Å². The van der Waals surface area contributed by atoms with Gasteiger partial charge in [-0.25, -0.2) is 22.2 Å². The van der Waals surface area contributed by atoms with Crippen molar-refractivity contribution in [2.45, 2.75) is 10.8 Å². The van der Waals surface area contributed by atoms with Crippen LogP contribution >= 0.6 is 22.9 Å². The summed E-state index contributed by atoms with van der Waals surface area (Å²) in [4.78, 5) is 3.90. The quantitative estimate of drug-likeness (QED) is 0.747. The number of aromatic nitrogens is 3. The second kappa shape index (κ2) is 6.26. The minimum atomic E-state index is -3.69. The third-order valence-electron chi connectivity index (χ3n) is 2.87. The van der Waals surface area contributed by atoms with E-state index in [0.29, 0.717) is 5.56 Å². The standard InChI is InChI=1S/C13H10ClFN4O2S2/c14-11-6-10(15)4-3-9(11)7-19-8-16-13(17-19)18-23(20,21)12-2-1-5-22-12/h1-6,8H,7H2,(H,17,18). The Kier molecular flexibility index (Phi) is 4.33. The van der Waals surface area contributed by atoms with E-state index in [2.05, 4.69) is 14.8 Å². The molecule has 0 radical (unpaired) electrons. The van der Waals surface area contributed by atoms with Crippen LogP contribution in [0.5, 0.6) is 0 Å². The van der Waals surface area contributed by atoms with Gasteiger partial charge < -0.3 is 0 Å². The van der Waals surface area contributed by atoms with Crippen molar-refractivity contribution in [3.05, 3.63) is 58.4 Å². The molecule has 0 saturated heterocycles. The highest BCUT2D eigenvalue weighted by Gasteiger charge is 2.17. The number of sulfonamides is 1. The summed E-state index contributed by atoms with van der Waals surface area (Å²) < 4.78 is 41.0. The van der Waals surface area contributed by atoms with Gasteiger partial charge in [-0.1, -0.05) is 23.7 Å². The lowest BCUT2D eigenvalue weighted by molar-refractivity contribution is 0.602. The lowest BCUT2D eigenvalue weighted by Crippen LogP contribution is -2.13. The minimum Gasteiger partial charge on any atom is -0.246 e. The highest BCUT2D eigenvalue weighted by molar-refractivity contribution is 7.94.